The Morgan fingerprint density at radius 2 is 2.19 bits per heavy atom. The molecule has 1 aromatic heterocycles. The van der Waals surface area contributed by atoms with Crippen molar-refractivity contribution >= 4 is 21.9 Å². The normalized spacial score (nSPS) is 10.8. The predicted molar refractivity (Wildman–Crippen MR) is 53.1 cm³/mol. The third-order valence-electron chi connectivity index (χ3n) is 1.96. The fourth-order valence-corrected chi connectivity index (χ4v) is 1.76. The molecule has 16 heavy (non-hydrogen) atoms. The standard InChI is InChI=1S/C9H7BrF3NO2/c10-2-4-3-14-9(13)7(8(11)12)5(4)1-6(15)16/h3,8H,1-2H2,(H,15,16). The van der Waals surface area contributed by atoms with Crippen LogP contribution in [0.15, 0.2) is 6.20 Å². The summed E-state index contributed by atoms with van der Waals surface area (Å²) in [4.78, 5) is 13.7. The molecule has 0 aliphatic rings. The Hall–Kier alpha value is -1.11. The summed E-state index contributed by atoms with van der Waals surface area (Å²) >= 11 is 3.01. The van der Waals surface area contributed by atoms with Crippen molar-refractivity contribution in [1.29, 1.82) is 0 Å². The molecular formula is C9H7BrF3NO2. The highest BCUT2D eigenvalue weighted by Crippen LogP contribution is 2.28. The van der Waals surface area contributed by atoms with Gasteiger partial charge < -0.3 is 5.11 Å². The molecule has 0 bridgehead atoms. The number of aromatic nitrogens is 1. The Balaban J connectivity index is 3.36. The lowest BCUT2D eigenvalue weighted by Crippen LogP contribution is -2.10. The summed E-state index contributed by atoms with van der Waals surface area (Å²) in [7, 11) is 0. The van der Waals surface area contributed by atoms with Crippen molar-refractivity contribution in [2.24, 2.45) is 0 Å². The lowest BCUT2D eigenvalue weighted by atomic mass is 10.0. The van der Waals surface area contributed by atoms with Crippen molar-refractivity contribution < 1.29 is 23.1 Å². The van der Waals surface area contributed by atoms with Crippen molar-refractivity contribution in [1.82, 2.24) is 4.98 Å². The van der Waals surface area contributed by atoms with Crippen LogP contribution in [0.4, 0.5) is 13.2 Å². The fourth-order valence-electron chi connectivity index (χ4n) is 1.28. The van der Waals surface area contributed by atoms with Crippen LogP contribution in [0.1, 0.15) is 23.1 Å². The summed E-state index contributed by atoms with van der Waals surface area (Å²) in [6.07, 6.45) is -2.69. The molecule has 0 unspecified atom stereocenters. The number of carboxylic acids is 1. The van der Waals surface area contributed by atoms with Gasteiger partial charge in [0.2, 0.25) is 5.95 Å². The summed E-state index contributed by atoms with van der Waals surface area (Å²) in [5.74, 6) is -2.62. The molecule has 0 saturated carbocycles. The van der Waals surface area contributed by atoms with Gasteiger partial charge >= 0.3 is 5.97 Å². The maximum absolute atomic E-state index is 13.1. The van der Waals surface area contributed by atoms with E-state index in [4.69, 9.17) is 5.11 Å². The molecule has 0 saturated heterocycles. The SMILES string of the molecule is O=C(O)Cc1c(CBr)cnc(F)c1C(F)F. The number of carbonyl (C=O) groups is 1. The summed E-state index contributed by atoms with van der Waals surface area (Å²) in [5.41, 5.74) is -0.898. The number of aliphatic carboxylic acids is 1. The second kappa shape index (κ2) is 5.29. The number of halogens is 4. The van der Waals surface area contributed by atoms with Crippen molar-refractivity contribution in [3.63, 3.8) is 0 Å². The second-order valence-corrected chi connectivity index (χ2v) is 3.53. The largest absolute Gasteiger partial charge is 0.481 e. The maximum Gasteiger partial charge on any atom is 0.307 e. The van der Waals surface area contributed by atoms with Gasteiger partial charge in [-0.2, -0.15) is 4.39 Å². The van der Waals surface area contributed by atoms with Crippen molar-refractivity contribution in [2.45, 2.75) is 18.2 Å². The zero-order chi connectivity index (χ0) is 12.3. The smallest absolute Gasteiger partial charge is 0.307 e. The number of pyridine rings is 1. The van der Waals surface area contributed by atoms with Gasteiger partial charge in [0.25, 0.3) is 6.43 Å². The van der Waals surface area contributed by atoms with E-state index < -0.39 is 30.3 Å². The van der Waals surface area contributed by atoms with Gasteiger partial charge in [0.05, 0.1) is 12.0 Å². The minimum Gasteiger partial charge on any atom is -0.481 e. The molecule has 0 spiro atoms. The Bertz CT molecular complexity index is 412. The number of hydrogen-bond acceptors (Lipinski definition) is 2. The van der Waals surface area contributed by atoms with Crippen LogP contribution in [0.25, 0.3) is 0 Å². The van der Waals surface area contributed by atoms with E-state index in [-0.39, 0.29) is 16.5 Å². The van der Waals surface area contributed by atoms with Crippen molar-refractivity contribution in [3.05, 3.63) is 28.8 Å². The molecule has 1 aromatic rings. The van der Waals surface area contributed by atoms with Crippen molar-refractivity contribution in [2.75, 3.05) is 0 Å². The van der Waals surface area contributed by atoms with E-state index in [0.717, 1.165) is 6.20 Å². The molecule has 1 N–H and O–H groups in total. The summed E-state index contributed by atoms with van der Waals surface area (Å²) in [6, 6.07) is 0. The first kappa shape index (κ1) is 13.0. The molecule has 7 heteroatoms. The monoisotopic (exact) mass is 297 g/mol. The lowest BCUT2D eigenvalue weighted by molar-refractivity contribution is -0.136. The number of alkyl halides is 3. The maximum atomic E-state index is 13.1. The van der Waals surface area contributed by atoms with Crippen LogP contribution in [-0.4, -0.2) is 16.1 Å². The first-order valence-corrected chi connectivity index (χ1v) is 5.31. The minimum absolute atomic E-state index is 0.141. The Kier molecular flexibility index (Phi) is 4.28. The number of hydrogen-bond donors (Lipinski definition) is 1. The summed E-state index contributed by atoms with van der Waals surface area (Å²) in [5, 5.41) is 8.72. The number of nitrogens with zero attached hydrogens (tertiary/aromatic N) is 1. The van der Waals surface area contributed by atoms with E-state index in [1.165, 1.54) is 0 Å². The van der Waals surface area contributed by atoms with Crippen LogP contribution in [0, 0.1) is 5.95 Å². The molecule has 0 aromatic carbocycles. The number of carboxylic acid groups (broad SMARTS) is 1. The average molecular weight is 298 g/mol. The zero-order valence-electron chi connectivity index (χ0n) is 7.88. The van der Waals surface area contributed by atoms with Crippen molar-refractivity contribution in [3.8, 4) is 0 Å². The van der Waals surface area contributed by atoms with E-state index in [9.17, 15) is 18.0 Å². The molecule has 0 atom stereocenters. The topological polar surface area (TPSA) is 50.2 Å². The highest BCUT2D eigenvalue weighted by atomic mass is 79.9. The average Bonchev–Trinajstić information content (AvgIpc) is 2.16. The summed E-state index contributed by atoms with van der Waals surface area (Å²) in [6.45, 7) is 0. The molecule has 3 nitrogen and oxygen atoms in total. The molecular weight excluding hydrogens is 291 g/mol. The highest BCUT2D eigenvalue weighted by molar-refractivity contribution is 9.08. The van der Waals surface area contributed by atoms with Gasteiger partial charge in [-0.05, 0) is 11.1 Å². The molecule has 0 aliphatic carbocycles. The zero-order valence-corrected chi connectivity index (χ0v) is 9.47. The quantitative estimate of drug-likeness (QED) is 0.687. The first-order valence-electron chi connectivity index (χ1n) is 4.19. The van der Waals surface area contributed by atoms with Gasteiger partial charge in [0, 0.05) is 11.5 Å². The molecule has 0 aliphatic heterocycles. The third kappa shape index (κ3) is 2.72. The second-order valence-electron chi connectivity index (χ2n) is 2.97. The summed E-state index contributed by atoms with van der Waals surface area (Å²) < 4.78 is 38.2. The van der Waals surface area contributed by atoms with Crippen LogP contribution < -0.4 is 0 Å². The van der Waals surface area contributed by atoms with Crippen LogP contribution in [0.5, 0.6) is 0 Å². The van der Waals surface area contributed by atoms with E-state index in [1.54, 1.807) is 0 Å². The van der Waals surface area contributed by atoms with Crippen LogP contribution in [0.3, 0.4) is 0 Å². The van der Waals surface area contributed by atoms with Gasteiger partial charge in [-0.15, -0.1) is 0 Å². The fraction of sp³-hybridized carbons (Fsp3) is 0.333. The highest BCUT2D eigenvalue weighted by Gasteiger charge is 2.23. The first-order chi connectivity index (χ1) is 7.47. The Labute approximate surface area is 97.4 Å². The van der Waals surface area contributed by atoms with Crippen LogP contribution in [-0.2, 0) is 16.5 Å². The molecule has 0 radical (unpaired) electrons. The van der Waals surface area contributed by atoms with Gasteiger partial charge in [0.15, 0.2) is 0 Å². The number of rotatable bonds is 4. The molecule has 88 valence electrons. The van der Waals surface area contributed by atoms with Gasteiger partial charge in [-0.25, -0.2) is 13.8 Å². The van der Waals surface area contributed by atoms with Crippen LogP contribution >= 0.6 is 15.9 Å². The van der Waals surface area contributed by atoms with E-state index in [1.807, 2.05) is 0 Å². The van der Waals surface area contributed by atoms with Gasteiger partial charge in [0.1, 0.15) is 0 Å². The Morgan fingerprint density at radius 1 is 1.56 bits per heavy atom. The van der Waals surface area contributed by atoms with E-state index >= 15 is 0 Å². The minimum atomic E-state index is -3.08. The van der Waals surface area contributed by atoms with E-state index in [2.05, 4.69) is 20.9 Å². The molecule has 0 amide bonds. The molecule has 1 rings (SSSR count). The van der Waals surface area contributed by atoms with E-state index in [0.29, 0.717) is 0 Å². The Morgan fingerprint density at radius 3 is 2.62 bits per heavy atom. The van der Waals surface area contributed by atoms with Crippen LogP contribution in [0.2, 0.25) is 0 Å². The molecule has 0 fully saturated rings. The molecule has 1 heterocycles. The van der Waals surface area contributed by atoms with Gasteiger partial charge in [-0.3, -0.25) is 4.79 Å². The van der Waals surface area contributed by atoms with Gasteiger partial charge in [-0.1, -0.05) is 15.9 Å². The third-order valence-corrected chi connectivity index (χ3v) is 2.56. The predicted octanol–water partition coefficient (Wildman–Crippen LogP) is 2.68. The lowest BCUT2D eigenvalue weighted by Gasteiger charge is -2.11.